The molecule has 0 spiro atoms. The highest BCUT2D eigenvalue weighted by atomic mass is 16.5. The van der Waals surface area contributed by atoms with Crippen molar-refractivity contribution < 1.29 is 14.2 Å². The summed E-state index contributed by atoms with van der Waals surface area (Å²) in [6.07, 6.45) is 4.86. The van der Waals surface area contributed by atoms with Crippen LogP contribution in [0.25, 0.3) is 11.3 Å². The minimum atomic E-state index is 0.00422. The van der Waals surface area contributed by atoms with Crippen molar-refractivity contribution in [3.8, 4) is 22.8 Å². The summed E-state index contributed by atoms with van der Waals surface area (Å²) in [5.41, 5.74) is 3.17. The van der Waals surface area contributed by atoms with Gasteiger partial charge in [0.1, 0.15) is 0 Å². The van der Waals surface area contributed by atoms with Crippen molar-refractivity contribution in [3.63, 3.8) is 0 Å². The first-order valence-electron chi connectivity index (χ1n) is 10.4. The van der Waals surface area contributed by atoms with Crippen LogP contribution < -0.4 is 19.9 Å². The molecule has 6 heteroatoms. The Morgan fingerprint density at radius 2 is 1.93 bits per heavy atom. The first-order valence-corrected chi connectivity index (χ1v) is 10.4. The smallest absolute Gasteiger partial charge is 0.182 e. The van der Waals surface area contributed by atoms with E-state index in [-0.39, 0.29) is 17.0 Å². The van der Waals surface area contributed by atoms with E-state index in [1.807, 2.05) is 19.2 Å². The SMILES string of the molecule is CCOc1cc2c(cc1OCCCOC)[C@H]1CCC(C)(C)N1n1ccc(=O)cc1-2. The summed E-state index contributed by atoms with van der Waals surface area (Å²) in [7, 11) is 1.69. The van der Waals surface area contributed by atoms with Gasteiger partial charge in [-0.15, -0.1) is 0 Å². The molecule has 0 saturated carbocycles. The fraction of sp³-hybridized carbons (Fsp3) is 0.522. The lowest BCUT2D eigenvalue weighted by Crippen LogP contribution is -2.49. The van der Waals surface area contributed by atoms with Crippen molar-refractivity contribution in [2.45, 2.75) is 51.6 Å². The van der Waals surface area contributed by atoms with Crippen LogP contribution in [0, 0.1) is 0 Å². The zero-order valence-electron chi connectivity index (χ0n) is 17.7. The molecule has 3 heterocycles. The van der Waals surface area contributed by atoms with E-state index in [0.29, 0.717) is 19.8 Å². The molecule has 1 saturated heterocycles. The van der Waals surface area contributed by atoms with Crippen molar-refractivity contribution in [3.05, 3.63) is 46.2 Å². The number of ether oxygens (including phenoxy) is 3. The summed E-state index contributed by atoms with van der Waals surface area (Å²) in [5, 5.41) is 2.40. The van der Waals surface area contributed by atoms with Crippen LogP contribution in [-0.4, -0.2) is 37.1 Å². The molecule has 2 aliphatic rings. The van der Waals surface area contributed by atoms with Gasteiger partial charge in [-0.1, -0.05) is 0 Å². The second-order valence-electron chi connectivity index (χ2n) is 8.32. The number of methoxy groups -OCH3 is 1. The molecule has 1 aromatic heterocycles. The second-order valence-corrected chi connectivity index (χ2v) is 8.32. The predicted octanol–water partition coefficient (Wildman–Crippen LogP) is 3.89. The Bertz CT molecular complexity index is 950. The van der Waals surface area contributed by atoms with Gasteiger partial charge in [-0.25, -0.2) is 0 Å². The summed E-state index contributed by atoms with van der Waals surface area (Å²) in [6.45, 7) is 8.27. The number of hydrogen-bond acceptors (Lipinski definition) is 5. The van der Waals surface area contributed by atoms with Gasteiger partial charge in [-0.3, -0.25) is 14.5 Å². The summed E-state index contributed by atoms with van der Waals surface area (Å²) in [5.74, 6) is 1.48. The van der Waals surface area contributed by atoms with E-state index in [9.17, 15) is 4.79 Å². The average molecular weight is 399 g/mol. The van der Waals surface area contributed by atoms with Gasteiger partial charge >= 0.3 is 0 Å². The highest BCUT2D eigenvalue weighted by Gasteiger charge is 2.44. The number of rotatable bonds is 7. The third kappa shape index (κ3) is 3.50. The standard InChI is InChI=1S/C23H30N2O4/c1-5-28-21-15-18-17(14-22(21)29-12-6-11-27-4)19-7-9-23(2,3)25(19)24-10-8-16(26)13-20(18)24/h8,10,13-15,19H,5-7,9,11-12H2,1-4H3/t19-/m1/s1. The van der Waals surface area contributed by atoms with Crippen LogP contribution in [0.2, 0.25) is 0 Å². The minimum absolute atomic E-state index is 0.00422. The number of nitrogens with zero attached hydrogens (tertiary/aromatic N) is 2. The molecule has 1 fully saturated rings. The monoisotopic (exact) mass is 398 g/mol. The molecular weight excluding hydrogens is 368 g/mol. The van der Waals surface area contributed by atoms with Crippen LogP contribution in [0.1, 0.15) is 51.6 Å². The fourth-order valence-electron chi connectivity index (χ4n) is 4.58. The first-order chi connectivity index (χ1) is 14.0. The maximum atomic E-state index is 12.2. The van der Waals surface area contributed by atoms with Crippen LogP contribution in [-0.2, 0) is 4.74 Å². The van der Waals surface area contributed by atoms with Crippen LogP contribution in [0.3, 0.4) is 0 Å². The molecule has 2 aliphatic heterocycles. The number of pyridine rings is 1. The van der Waals surface area contributed by atoms with Gasteiger partial charge in [0.15, 0.2) is 16.9 Å². The Labute approximate surface area is 172 Å². The highest BCUT2D eigenvalue weighted by molar-refractivity contribution is 5.72. The second kappa shape index (κ2) is 7.75. The molecule has 0 unspecified atom stereocenters. The summed E-state index contributed by atoms with van der Waals surface area (Å²) >= 11 is 0. The van der Waals surface area contributed by atoms with Gasteiger partial charge in [0.05, 0.1) is 30.5 Å². The third-order valence-electron chi connectivity index (χ3n) is 5.88. The quantitative estimate of drug-likeness (QED) is 0.662. The molecule has 0 radical (unpaired) electrons. The van der Waals surface area contributed by atoms with Gasteiger partial charge in [0, 0.05) is 44.0 Å². The van der Waals surface area contributed by atoms with E-state index in [4.69, 9.17) is 14.2 Å². The van der Waals surface area contributed by atoms with Crippen molar-refractivity contribution in [1.82, 2.24) is 4.68 Å². The lowest BCUT2D eigenvalue weighted by Gasteiger charge is -2.44. The molecule has 0 amide bonds. The highest BCUT2D eigenvalue weighted by Crippen LogP contribution is 2.50. The maximum absolute atomic E-state index is 12.2. The zero-order valence-corrected chi connectivity index (χ0v) is 17.7. The first kappa shape index (κ1) is 19.8. The number of benzene rings is 1. The molecule has 2 aromatic rings. The lowest BCUT2D eigenvalue weighted by molar-refractivity contribution is 0.170. The van der Waals surface area contributed by atoms with Gasteiger partial charge in [0.2, 0.25) is 0 Å². The van der Waals surface area contributed by atoms with Crippen LogP contribution in [0.4, 0.5) is 0 Å². The zero-order chi connectivity index (χ0) is 20.6. The molecule has 1 atom stereocenters. The van der Waals surface area contributed by atoms with Crippen molar-refractivity contribution >= 4 is 0 Å². The molecule has 4 rings (SSSR count). The normalized spacial score (nSPS) is 18.8. The Balaban J connectivity index is 1.83. The lowest BCUT2D eigenvalue weighted by atomic mass is 9.94. The number of aromatic nitrogens is 1. The Hall–Kier alpha value is -2.47. The van der Waals surface area contributed by atoms with Gasteiger partial charge < -0.3 is 14.2 Å². The topological polar surface area (TPSA) is 52.9 Å². The van der Waals surface area contributed by atoms with E-state index in [1.54, 1.807) is 19.2 Å². The van der Waals surface area contributed by atoms with Crippen molar-refractivity contribution in [2.75, 3.05) is 31.9 Å². The van der Waals surface area contributed by atoms with Crippen LogP contribution in [0.15, 0.2) is 35.3 Å². The third-order valence-corrected chi connectivity index (χ3v) is 5.88. The molecular formula is C23H30N2O4. The van der Waals surface area contributed by atoms with Crippen LogP contribution >= 0.6 is 0 Å². The largest absolute Gasteiger partial charge is 0.490 e. The van der Waals surface area contributed by atoms with Crippen molar-refractivity contribution in [2.24, 2.45) is 0 Å². The van der Waals surface area contributed by atoms with Gasteiger partial charge in [-0.05, 0) is 51.3 Å². The van der Waals surface area contributed by atoms with Crippen molar-refractivity contribution in [1.29, 1.82) is 0 Å². The van der Waals surface area contributed by atoms with E-state index in [1.165, 1.54) is 5.56 Å². The number of hydrogen-bond donors (Lipinski definition) is 0. The molecule has 0 bridgehead atoms. The minimum Gasteiger partial charge on any atom is -0.490 e. The molecule has 156 valence electrons. The summed E-state index contributed by atoms with van der Waals surface area (Å²) in [6, 6.07) is 7.76. The molecule has 0 N–H and O–H groups in total. The van der Waals surface area contributed by atoms with Gasteiger partial charge in [0.25, 0.3) is 0 Å². The predicted molar refractivity (Wildman–Crippen MR) is 114 cm³/mol. The van der Waals surface area contributed by atoms with E-state index >= 15 is 0 Å². The molecule has 1 aromatic carbocycles. The summed E-state index contributed by atoms with van der Waals surface area (Å²) < 4.78 is 19.3. The molecule has 6 nitrogen and oxygen atoms in total. The summed E-state index contributed by atoms with van der Waals surface area (Å²) in [4.78, 5) is 12.2. The van der Waals surface area contributed by atoms with E-state index in [2.05, 4.69) is 29.6 Å². The number of fused-ring (bicyclic) bond motifs is 6. The molecule has 29 heavy (non-hydrogen) atoms. The fourth-order valence-corrected chi connectivity index (χ4v) is 4.58. The molecule has 0 aliphatic carbocycles. The van der Waals surface area contributed by atoms with Gasteiger partial charge in [-0.2, -0.15) is 0 Å². The maximum Gasteiger partial charge on any atom is 0.182 e. The Morgan fingerprint density at radius 1 is 1.14 bits per heavy atom. The van der Waals surface area contributed by atoms with Crippen LogP contribution in [0.5, 0.6) is 11.5 Å². The Kier molecular flexibility index (Phi) is 5.30. The van der Waals surface area contributed by atoms with E-state index < -0.39 is 0 Å². The van der Waals surface area contributed by atoms with E-state index in [0.717, 1.165) is 42.0 Å². The Morgan fingerprint density at radius 3 is 2.69 bits per heavy atom. The average Bonchev–Trinajstić information content (AvgIpc) is 3.01.